The molecule has 1 aliphatic rings. The molecule has 8 nitrogen and oxygen atoms in total. The fraction of sp³-hybridized carbons (Fsp3) is 0.545. The molecule has 1 saturated carbocycles. The third-order valence-corrected chi connectivity index (χ3v) is 7.69. The van der Waals surface area contributed by atoms with Crippen LogP contribution in [0.15, 0.2) is 54.6 Å². The molecule has 3 N–H and O–H groups in total. The number of phenolic OH excluding ortho intramolecular Hbond substituents is 1. The zero-order chi connectivity index (χ0) is 30.2. The van der Waals surface area contributed by atoms with Gasteiger partial charge in [0.25, 0.3) is 0 Å². The van der Waals surface area contributed by atoms with E-state index in [9.17, 15) is 19.5 Å². The lowest BCUT2D eigenvalue weighted by Crippen LogP contribution is -2.60. The number of nitrogens with zero attached hydrogens (tertiary/aromatic N) is 1. The first-order valence-corrected chi connectivity index (χ1v) is 14.8. The standard InChI is InChI=1S/C33H47N3O5/c1-7-33(5,6)36(28(24-18-20-26(37)21-19-24)29(38)34-25-16-12-9-13-17-25)30(39)27(22-23-14-10-8-11-15-23)35-31(40)41-32(2,3)4/h8,10-11,14-15,18-21,25,27-28,37H,7,9,12-13,16-17,22H2,1-6H3,(H,34,38)(H,35,40). The van der Waals surface area contributed by atoms with Gasteiger partial charge in [-0.15, -0.1) is 0 Å². The summed E-state index contributed by atoms with van der Waals surface area (Å²) < 4.78 is 5.53. The zero-order valence-electron chi connectivity index (χ0n) is 25.4. The van der Waals surface area contributed by atoms with Gasteiger partial charge in [-0.1, -0.05) is 68.7 Å². The number of aromatic hydroxyl groups is 1. The van der Waals surface area contributed by atoms with Gasteiger partial charge in [-0.25, -0.2) is 4.79 Å². The molecule has 0 spiro atoms. The van der Waals surface area contributed by atoms with Crippen molar-refractivity contribution in [3.63, 3.8) is 0 Å². The summed E-state index contributed by atoms with van der Waals surface area (Å²) in [4.78, 5) is 43.4. The first-order chi connectivity index (χ1) is 19.3. The number of hydrogen-bond donors (Lipinski definition) is 3. The predicted octanol–water partition coefficient (Wildman–Crippen LogP) is 6.04. The monoisotopic (exact) mass is 565 g/mol. The van der Waals surface area contributed by atoms with Crippen LogP contribution in [0.5, 0.6) is 5.75 Å². The number of carbonyl (C=O) groups is 3. The summed E-state index contributed by atoms with van der Waals surface area (Å²) >= 11 is 0. The van der Waals surface area contributed by atoms with Crippen molar-refractivity contribution in [3.8, 4) is 5.75 Å². The van der Waals surface area contributed by atoms with Crippen LogP contribution in [0.2, 0.25) is 0 Å². The van der Waals surface area contributed by atoms with Gasteiger partial charge in [-0.05, 0) is 77.1 Å². The minimum Gasteiger partial charge on any atom is -0.508 e. The highest BCUT2D eigenvalue weighted by Gasteiger charge is 2.43. The van der Waals surface area contributed by atoms with Gasteiger partial charge in [0.2, 0.25) is 11.8 Å². The quantitative estimate of drug-likeness (QED) is 0.326. The number of nitrogens with one attached hydrogen (secondary N) is 2. The van der Waals surface area contributed by atoms with Gasteiger partial charge in [0.05, 0.1) is 0 Å². The Morgan fingerprint density at radius 3 is 2.12 bits per heavy atom. The summed E-state index contributed by atoms with van der Waals surface area (Å²) in [5.74, 6) is -0.585. The average molecular weight is 566 g/mol. The summed E-state index contributed by atoms with van der Waals surface area (Å²) in [5, 5.41) is 16.0. The molecule has 0 radical (unpaired) electrons. The van der Waals surface area contributed by atoms with Crippen LogP contribution in [0.3, 0.4) is 0 Å². The van der Waals surface area contributed by atoms with Crippen LogP contribution in [0.4, 0.5) is 4.79 Å². The van der Waals surface area contributed by atoms with Gasteiger partial charge in [0.1, 0.15) is 23.4 Å². The van der Waals surface area contributed by atoms with E-state index in [1.54, 1.807) is 37.8 Å². The number of amides is 3. The van der Waals surface area contributed by atoms with E-state index < -0.39 is 29.3 Å². The van der Waals surface area contributed by atoms with Crippen LogP contribution in [-0.4, -0.2) is 51.1 Å². The molecule has 8 heteroatoms. The van der Waals surface area contributed by atoms with Gasteiger partial charge in [-0.3, -0.25) is 9.59 Å². The number of hydrogen-bond acceptors (Lipinski definition) is 5. The van der Waals surface area contributed by atoms with E-state index in [0.717, 1.165) is 37.7 Å². The Hall–Kier alpha value is -3.55. The topological polar surface area (TPSA) is 108 Å². The van der Waals surface area contributed by atoms with E-state index in [4.69, 9.17) is 4.74 Å². The molecule has 0 aromatic heterocycles. The average Bonchev–Trinajstić information content (AvgIpc) is 2.91. The second-order valence-electron chi connectivity index (χ2n) is 12.6. The Balaban J connectivity index is 2.07. The first-order valence-electron chi connectivity index (χ1n) is 14.8. The lowest BCUT2D eigenvalue weighted by molar-refractivity contribution is -0.149. The Morgan fingerprint density at radius 1 is 0.951 bits per heavy atom. The largest absolute Gasteiger partial charge is 0.508 e. The van der Waals surface area contributed by atoms with Crippen LogP contribution >= 0.6 is 0 Å². The summed E-state index contributed by atoms with van der Waals surface area (Å²) in [6.07, 6.45) is 5.14. The van der Waals surface area contributed by atoms with Gasteiger partial charge < -0.3 is 25.4 Å². The molecule has 3 rings (SSSR count). The van der Waals surface area contributed by atoms with Crippen molar-refractivity contribution in [1.82, 2.24) is 15.5 Å². The molecule has 1 aliphatic carbocycles. The second-order valence-corrected chi connectivity index (χ2v) is 12.6. The van der Waals surface area contributed by atoms with Crippen molar-refractivity contribution in [2.75, 3.05) is 0 Å². The maximum atomic E-state index is 14.7. The molecular formula is C33H47N3O5. The smallest absolute Gasteiger partial charge is 0.408 e. The van der Waals surface area contributed by atoms with Gasteiger partial charge in [0.15, 0.2) is 0 Å². The molecule has 2 aromatic rings. The van der Waals surface area contributed by atoms with E-state index in [1.165, 1.54) is 12.1 Å². The van der Waals surface area contributed by atoms with Crippen LogP contribution in [0.1, 0.15) is 97.2 Å². The summed E-state index contributed by atoms with van der Waals surface area (Å²) in [5.41, 5.74) is -0.0549. The van der Waals surface area contributed by atoms with Crippen molar-refractivity contribution >= 4 is 17.9 Å². The maximum Gasteiger partial charge on any atom is 0.408 e. The van der Waals surface area contributed by atoms with E-state index in [0.29, 0.717) is 12.0 Å². The van der Waals surface area contributed by atoms with Crippen LogP contribution < -0.4 is 10.6 Å². The maximum absolute atomic E-state index is 14.7. The normalized spacial score (nSPS) is 15.9. The van der Waals surface area contributed by atoms with E-state index in [-0.39, 0.29) is 30.0 Å². The number of carbonyl (C=O) groups excluding carboxylic acids is 3. The molecule has 0 heterocycles. The van der Waals surface area contributed by atoms with Crippen molar-refractivity contribution in [1.29, 1.82) is 0 Å². The molecule has 0 saturated heterocycles. The lowest BCUT2D eigenvalue weighted by atomic mass is 9.90. The molecule has 2 atom stereocenters. The van der Waals surface area contributed by atoms with Gasteiger partial charge >= 0.3 is 6.09 Å². The second kappa shape index (κ2) is 13.9. The van der Waals surface area contributed by atoms with Crippen molar-refractivity contribution in [3.05, 3.63) is 65.7 Å². The van der Waals surface area contributed by atoms with Crippen LogP contribution in [0, 0.1) is 0 Å². The molecule has 224 valence electrons. The molecule has 41 heavy (non-hydrogen) atoms. The van der Waals surface area contributed by atoms with Crippen molar-refractivity contribution < 1.29 is 24.2 Å². The molecule has 0 aliphatic heterocycles. The van der Waals surface area contributed by atoms with Crippen LogP contribution in [0.25, 0.3) is 0 Å². The van der Waals surface area contributed by atoms with Gasteiger partial charge in [0, 0.05) is 18.0 Å². The van der Waals surface area contributed by atoms with Crippen LogP contribution in [-0.2, 0) is 20.7 Å². The summed E-state index contributed by atoms with van der Waals surface area (Å²) in [7, 11) is 0. The highest BCUT2D eigenvalue weighted by molar-refractivity contribution is 5.93. The Labute approximate surface area is 244 Å². The highest BCUT2D eigenvalue weighted by Crippen LogP contribution is 2.34. The number of ether oxygens (including phenoxy) is 1. The number of benzene rings is 2. The molecule has 1 fully saturated rings. The minimum atomic E-state index is -0.986. The predicted molar refractivity (Wildman–Crippen MR) is 160 cm³/mol. The lowest BCUT2D eigenvalue weighted by Gasteiger charge is -2.45. The fourth-order valence-corrected chi connectivity index (χ4v) is 5.21. The van der Waals surface area contributed by atoms with E-state index in [1.807, 2.05) is 51.1 Å². The number of rotatable bonds is 10. The van der Waals surface area contributed by atoms with Crippen molar-refractivity contribution in [2.45, 2.75) is 116 Å². The van der Waals surface area contributed by atoms with E-state index >= 15 is 0 Å². The SMILES string of the molecule is CCC(C)(C)N(C(=O)C(Cc1ccccc1)NC(=O)OC(C)(C)C)C(C(=O)NC1CCCCC1)c1ccc(O)cc1. The molecule has 2 unspecified atom stereocenters. The van der Waals surface area contributed by atoms with Crippen molar-refractivity contribution in [2.24, 2.45) is 0 Å². The van der Waals surface area contributed by atoms with Gasteiger partial charge in [-0.2, -0.15) is 0 Å². The molecule has 0 bridgehead atoms. The first kappa shape index (κ1) is 32.0. The zero-order valence-corrected chi connectivity index (χ0v) is 25.4. The third kappa shape index (κ3) is 9.23. The third-order valence-electron chi connectivity index (χ3n) is 7.69. The van der Waals surface area contributed by atoms with E-state index in [2.05, 4.69) is 10.6 Å². The molecule has 2 aromatic carbocycles. The number of alkyl carbamates (subject to hydrolysis) is 1. The summed E-state index contributed by atoms with van der Waals surface area (Å²) in [6.45, 7) is 11.1. The summed E-state index contributed by atoms with van der Waals surface area (Å²) in [6, 6.07) is 14.0. The Kier molecular flexibility index (Phi) is 10.8. The number of phenols is 1. The Morgan fingerprint density at radius 2 is 1.56 bits per heavy atom. The highest BCUT2D eigenvalue weighted by atomic mass is 16.6. The molecule has 3 amide bonds. The fourth-order valence-electron chi connectivity index (χ4n) is 5.21. The minimum absolute atomic E-state index is 0.0394. The molecular weight excluding hydrogens is 518 g/mol. The Bertz CT molecular complexity index is 1150.